The van der Waals surface area contributed by atoms with Gasteiger partial charge in [0.2, 0.25) is 5.91 Å². The Morgan fingerprint density at radius 3 is 2.35 bits per heavy atom. The average Bonchev–Trinajstić information content (AvgIpc) is 2.63. The van der Waals surface area contributed by atoms with Crippen LogP contribution in [0.2, 0.25) is 0 Å². The number of likely N-dealkylation sites (N-methyl/N-ethyl adjacent to an activating group) is 2. The first-order chi connectivity index (χ1) is 12.4. The summed E-state index contributed by atoms with van der Waals surface area (Å²) in [7, 11) is 2.70. The second-order valence-corrected chi connectivity index (χ2v) is 5.51. The number of methoxy groups -OCH3 is 1. The van der Waals surface area contributed by atoms with E-state index in [4.69, 9.17) is 4.74 Å². The third-order valence-corrected chi connectivity index (χ3v) is 3.77. The molecule has 0 aliphatic rings. The number of anilines is 1. The van der Waals surface area contributed by atoms with Gasteiger partial charge in [-0.2, -0.15) is 0 Å². The lowest BCUT2D eigenvalue weighted by Gasteiger charge is -2.35. The number of hydrogen-bond donors (Lipinski definition) is 3. The Hall–Kier alpha value is -2.49. The third-order valence-electron chi connectivity index (χ3n) is 3.77. The fraction of sp³-hybridized carbons (Fsp3) is 0.471. The molecule has 9 nitrogen and oxygen atoms in total. The molecule has 1 radical (unpaired) electrons. The van der Waals surface area contributed by atoms with E-state index in [1.54, 1.807) is 43.7 Å². The number of hydrogen-bond acceptors (Lipinski definition) is 6. The monoisotopic (exact) mass is 366 g/mol. The first kappa shape index (κ1) is 21.6. The van der Waals surface area contributed by atoms with Gasteiger partial charge in [-0.25, -0.2) is 0 Å². The molecule has 0 heterocycles. The largest absolute Gasteiger partial charge is 0.382 e. The fourth-order valence-electron chi connectivity index (χ4n) is 2.43. The van der Waals surface area contributed by atoms with Crippen molar-refractivity contribution >= 4 is 23.9 Å². The zero-order valence-corrected chi connectivity index (χ0v) is 15.0. The molecular weight excluding hydrogens is 342 g/mol. The summed E-state index contributed by atoms with van der Waals surface area (Å²) in [6, 6.07) is 5.80. The van der Waals surface area contributed by atoms with E-state index in [0.29, 0.717) is 5.69 Å². The Kier molecular flexibility index (Phi) is 8.70. The first-order valence-electron chi connectivity index (χ1n) is 7.99. The maximum Gasteiger partial charge on any atom is 0.312 e. The zero-order valence-electron chi connectivity index (χ0n) is 15.0. The number of amides is 3. The molecular formula is C17H24N3O6. The van der Waals surface area contributed by atoms with Crippen LogP contribution in [0.4, 0.5) is 5.69 Å². The molecule has 0 bridgehead atoms. The molecule has 0 aliphatic carbocycles. The topological polar surface area (TPSA) is 119 Å². The minimum atomic E-state index is -2.11. The van der Waals surface area contributed by atoms with Crippen molar-refractivity contribution in [2.75, 3.05) is 32.6 Å². The molecule has 143 valence electrons. The van der Waals surface area contributed by atoms with Crippen LogP contribution in [0.5, 0.6) is 0 Å². The minimum Gasteiger partial charge on any atom is -0.382 e. The predicted molar refractivity (Wildman–Crippen MR) is 93.6 cm³/mol. The van der Waals surface area contributed by atoms with Crippen molar-refractivity contribution in [3.8, 4) is 0 Å². The van der Waals surface area contributed by atoms with E-state index >= 15 is 0 Å². The quantitative estimate of drug-likeness (QED) is 0.367. The van der Waals surface area contributed by atoms with E-state index in [2.05, 4.69) is 5.32 Å². The van der Waals surface area contributed by atoms with Crippen LogP contribution >= 0.6 is 0 Å². The number of aliphatic hydroxyl groups excluding tert-OH is 1. The van der Waals surface area contributed by atoms with Gasteiger partial charge in [-0.1, -0.05) is 18.2 Å². The number of para-hydroxylation sites is 1. The molecule has 0 spiro atoms. The lowest BCUT2D eigenvalue weighted by Crippen LogP contribution is -2.58. The highest BCUT2D eigenvalue weighted by molar-refractivity contribution is 5.98. The van der Waals surface area contributed by atoms with E-state index in [0.717, 1.165) is 9.80 Å². The van der Waals surface area contributed by atoms with Crippen LogP contribution in [0.1, 0.15) is 6.92 Å². The Bertz CT molecular complexity index is 595. The van der Waals surface area contributed by atoms with E-state index in [1.807, 2.05) is 0 Å². The van der Waals surface area contributed by atoms with Crippen LogP contribution in [0, 0.1) is 0 Å². The third kappa shape index (κ3) is 5.51. The number of aliphatic hydroxyl groups is 2. The number of ether oxygens (including phenoxy) is 1. The van der Waals surface area contributed by atoms with Crippen molar-refractivity contribution in [2.24, 2.45) is 0 Å². The summed E-state index contributed by atoms with van der Waals surface area (Å²) in [6.07, 6.45) is -0.537. The van der Waals surface area contributed by atoms with Gasteiger partial charge in [0.15, 0.2) is 12.3 Å². The highest BCUT2D eigenvalue weighted by atomic mass is 16.5. The van der Waals surface area contributed by atoms with Gasteiger partial charge in [0.25, 0.3) is 5.91 Å². The second-order valence-electron chi connectivity index (χ2n) is 5.51. The second kappa shape index (κ2) is 10.5. The highest BCUT2D eigenvalue weighted by Gasteiger charge is 2.38. The van der Waals surface area contributed by atoms with Gasteiger partial charge in [-0.05, 0) is 19.1 Å². The van der Waals surface area contributed by atoms with Crippen molar-refractivity contribution in [3.05, 3.63) is 30.3 Å². The van der Waals surface area contributed by atoms with Gasteiger partial charge >= 0.3 is 6.41 Å². The molecule has 1 aromatic carbocycles. The molecule has 0 saturated heterocycles. The number of benzene rings is 1. The molecule has 0 fully saturated rings. The van der Waals surface area contributed by atoms with Crippen molar-refractivity contribution in [1.29, 1.82) is 0 Å². The van der Waals surface area contributed by atoms with Crippen LogP contribution in [0.25, 0.3) is 0 Å². The molecule has 1 rings (SSSR count). The van der Waals surface area contributed by atoms with Crippen molar-refractivity contribution in [3.63, 3.8) is 0 Å². The number of nitrogens with zero attached hydrogens (tertiary/aromatic N) is 2. The highest BCUT2D eigenvalue weighted by Crippen LogP contribution is 2.13. The van der Waals surface area contributed by atoms with E-state index in [9.17, 15) is 24.6 Å². The summed E-state index contributed by atoms with van der Waals surface area (Å²) in [5, 5.41) is 21.9. The molecule has 0 aliphatic heterocycles. The number of nitrogens with one attached hydrogen (secondary N) is 1. The van der Waals surface area contributed by atoms with Gasteiger partial charge in [0.1, 0.15) is 6.04 Å². The van der Waals surface area contributed by atoms with Crippen LogP contribution < -0.4 is 5.32 Å². The molecule has 3 N–H and O–H groups in total. The Morgan fingerprint density at radius 1 is 1.27 bits per heavy atom. The summed E-state index contributed by atoms with van der Waals surface area (Å²) in [6.45, 7) is 1.46. The van der Waals surface area contributed by atoms with E-state index < -0.39 is 30.2 Å². The van der Waals surface area contributed by atoms with Crippen molar-refractivity contribution in [1.82, 2.24) is 9.80 Å². The zero-order chi connectivity index (χ0) is 19.7. The number of carbonyl (C=O) groups excluding carboxylic acids is 3. The molecule has 0 aromatic heterocycles. The maximum atomic E-state index is 12.8. The van der Waals surface area contributed by atoms with Crippen molar-refractivity contribution in [2.45, 2.75) is 25.3 Å². The summed E-state index contributed by atoms with van der Waals surface area (Å²) in [4.78, 5) is 38.2. The molecule has 2 unspecified atom stereocenters. The average molecular weight is 366 g/mol. The van der Waals surface area contributed by atoms with Gasteiger partial charge in [-0.3, -0.25) is 14.4 Å². The van der Waals surface area contributed by atoms with Crippen LogP contribution in [0.15, 0.2) is 30.3 Å². The molecule has 26 heavy (non-hydrogen) atoms. The standard InChI is InChI=1S/C17H24N3O6/c1-4-20(16(23)13(10-26-3)19(2)11-21)14(17(24)25)15(22)18-12-8-6-5-7-9-12/h5-9,13-14,17,24-25H,4,10H2,1-3H3,(H,18,22). The Labute approximate surface area is 152 Å². The SMILES string of the molecule is CCN(C(=O)C(COC)N(C)[C]=O)C(C(=O)Nc1ccccc1)C(O)O. The van der Waals surface area contributed by atoms with Crippen LogP contribution in [-0.2, 0) is 19.1 Å². The summed E-state index contributed by atoms with van der Waals surface area (Å²) >= 11 is 0. The van der Waals surface area contributed by atoms with Crippen LogP contribution in [-0.4, -0.2) is 83.9 Å². The van der Waals surface area contributed by atoms with Gasteiger partial charge in [0, 0.05) is 26.4 Å². The lowest BCUT2D eigenvalue weighted by atomic mass is 10.1. The normalized spacial score (nSPS) is 13.0. The van der Waals surface area contributed by atoms with Gasteiger partial charge < -0.3 is 30.1 Å². The molecule has 0 saturated carbocycles. The number of rotatable bonds is 10. The number of carbonyl (C=O) groups is 2. The Balaban J connectivity index is 3.07. The molecule has 1 aromatic rings. The summed E-state index contributed by atoms with van der Waals surface area (Å²) in [5.74, 6) is -1.43. The molecule has 2 atom stereocenters. The molecule has 3 amide bonds. The summed E-state index contributed by atoms with van der Waals surface area (Å²) in [5.41, 5.74) is 0.443. The van der Waals surface area contributed by atoms with Crippen molar-refractivity contribution < 1.29 is 29.3 Å². The first-order valence-corrected chi connectivity index (χ1v) is 7.99. The lowest BCUT2D eigenvalue weighted by molar-refractivity contribution is -0.159. The van der Waals surface area contributed by atoms with Gasteiger partial charge in [-0.15, -0.1) is 0 Å². The smallest absolute Gasteiger partial charge is 0.312 e. The summed E-state index contributed by atoms with van der Waals surface area (Å²) < 4.78 is 4.95. The minimum absolute atomic E-state index is 0.0102. The molecule has 9 heteroatoms. The van der Waals surface area contributed by atoms with Gasteiger partial charge in [0.05, 0.1) is 6.61 Å². The fourth-order valence-corrected chi connectivity index (χ4v) is 2.43. The maximum absolute atomic E-state index is 12.8. The van der Waals surface area contributed by atoms with Crippen LogP contribution in [0.3, 0.4) is 0 Å². The predicted octanol–water partition coefficient (Wildman–Crippen LogP) is -0.833. The Morgan fingerprint density at radius 2 is 1.88 bits per heavy atom. The van der Waals surface area contributed by atoms with E-state index in [-0.39, 0.29) is 13.2 Å². The van der Waals surface area contributed by atoms with E-state index in [1.165, 1.54) is 14.2 Å².